The summed E-state index contributed by atoms with van der Waals surface area (Å²) in [4.78, 5) is 29.1. The fourth-order valence-corrected chi connectivity index (χ4v) is 3.63. The van der Waals surface area contributed by atoms with Crippen LogP contribution in [0.3, 0.4) is 0 Å². The molecule has 0 aromatic rings. The fourth-order valence-electron chi connectivity index (χ4n) is 3.63. The Labute approximate surface area is 134 Å². The number of nitrogens with zero attached hydrogens (tertiary/aromatic N) is 2. The van der Waals surface area contributed by atoms with Gasteiger partial charge in [0.25, 0.3) is 0 Å². The molecule has 2 rings (SSSR count). The van der Waals surface area contributed by atoms with Gasteiger partial charge in [0.05, 0.1) is 5.92 Å². The topological polar surface area (TPSA) is 52.7 Å². The van der Waals surface area contributed by atoms with Crippen LogP contribution in [0.25, 0.3) is 0 Å². The Kier molecular flexibility index (Phi) is 6.68. The van der Waals surface area contributed by atoms with Crippen LogP contribution in [0.4, 0.5) is 0 Å². The normalized spacial score (nSPS) is 25.3. The zero-order valence-corrected chi connectivity index (χ0v) is 14.1. The van der Waals surface area contributed by atoms with Crippen LogP contribution in [0.5, 0.6) is 0 Å². The molecule has 2 aliphatic heterocycles. The first kappa shape index (κ1) is 17.3. The van der Waals surface area contributed by atoms with E-state index in [0.717, 1.165) is 58.3 Å². The maximum absolute atomic E-state index is 13.0. The molecule has 2 heterocycles. The standard InChI is InChI=1S/C17H31N3O2/c1-3-6-16(21)19-11-5-7-14(13-19)17(22)20(10-4-2)15-8-9-18-12-15/h14-15,18H,3-13H2,1-2H3. The van der Waals surface area contributed by atoms with Crippen LogP contribution in [0.2, 0.25) is 0 Å². The van der Waals surface area contributed by atoms with Gasteiger partial charge in [-0.1, -0.05) is 13.8 Å². The smallest absolute Gasteiger partial charge is 0.227 e. The zero-order valence-electron chi connectivity index (χ0n) is 14.1. The van der Waals surface area contributed by atoms with Gasteiger partial charge in [0.2, 0.25) is 11.8 Å². The minimum absolute atomic E-state index is 0.00158. The molecule has 0 radical (unpaired) electrons. The van der Waals surface area contributed by atoms with E-state index in [2.05, 4.69) is 17.1 Å². The van der Waals surface area contributed by atoms with Crippen molar-refractivity contribution in [3.05, 3.63) is 0 Å². The number of piperidine rings is 1. The van der Waals surface area contributed by atoms with Gasteiger partial charge < -0.3 is 15.1 Å². The molecule has 2 unspecified atom stereocenters. The number of hydrogen-bond acceptors (Lipinski definition) is 3. The zero-order chi connectivity index (χ0) is 15.9. The molecule has 5 heteroatoms. The fraction of sp³-hybridized carbons (Fsp3) is 0.882. The number of likely N-dealkylation sites (tertiary alicyclic amines) is 1. The summed E-state index contributed by atoms with van der Waals surface area (Å²) in [5, 5.41) is 3.35. The highest BCUT2D eigenvalue weighted by Crippen LogP contribution is 2.22. The number of amides is 2. The number of rotatable bonds is 6. The molecule has 0 aromatic carbocycles. The summed E-state index contributed by atoms with van der Waals surface area (Å²) in [5.74, 6) is 0.482. The quantitative estimate of drug-likeness (QED) is 0.811. The van der Waals surface area contributed by atoms with E-state index in [4.69, 9.17) is 0 Å². The van der Waals surface area contributed by atoms with Gasteiger partial charge in [-0.25, -0.2) is 0 Å². The lowest BCUT2D eigenvalue weighted by molar-refractivity contribution is -0.142. The summed E-state index contributed by atoms with van der Waals surface area (Å²) in [6, 6.07) is 0.342. The van der Waals surface area contributed by atoms with Crippen molar-refractivity contribution in [2.24, 2.45) is 5.92 Å². The Hall–Kier alpha value is -1.10. The van der Waals surface area contributed by atoms with Crippen LogP contribution in [-0.2, 0) is 9.59 Å². The molecule has 0 aromatic heterocycles. The molecular formula is C17H31N3O2. The molecule has 2 fully saturated rings. The molecule has 2 amide bonds. The van der Waals surface area contributed by atoms with Crippen molar-refractivity contribution in [2.45, 2.75) is 58.4 Å². The Morgan fingerprint density at radius 1 is 1.23 bits per heavy atom. The van der Waals surface area contributed by atoms with E-state index in [-0.39, 0.29) is 17.7 Å². The van der Waals surface area contributed by atoms with Crippen molar-refractivity contribution in [1.82, 2.24) is 15.1 Å². The summed E-state index contributed by atoms with van der Waals surface area (Å²) < 4.78 is 0. The summed E-state index contributed by atoms with van der Waals surface area (Å²) in [6.45, 7) is 8.35. The molecule has 0 aliphatic carbocycles. The van der Waals surface area contributed by atoms with E-state index < -0.39 is 0 Å². The van der Waals surface area contributed by atoms with E-state index in [9.17, 15) is 9.59 Å². The number of hydrogen-bond donors (Lipinski definition) is 1. The van der Waals surface area contributed by atoms with E-state index in [0.29, 0.717) is 19.0 Å². The summed E-state index contributed by atoms with van der Waals surface area (Å²) >= 11 is 0. The van der Waals surface area contributed by atoms with Crippen LogP contribution in [0.1, 0.15) is 52.4 Å². The third-order valence-corrected chi connectivity index (χ3v) is 4.81. The first-order valence-electron chi connectivity index (χ1n) is 8.96. The van der Waals surface area contributed by atoms with E-state index in [1.807, 2.05) is 11.8 Å². The van der Waals surface area contributed by atoms with Crippen LogP contribution in [-0.4, -0.2) is 60.4 Å². The van der Waals surface area contributed by atoms with Crippen LogP contribution in [0.15, 0.2) is 0 Å². The largest absolute Gasteiger partial charge is 0.342 e. The lowest BCUT2D eigenvalue weighted by Crippen LogP contribution is -2.50. The van der Waals surface area contributed by atoms with Gasteiger partial charge in [-0.05, 0) is 38.6 Å². The van der Waals surface area contributed by atoms with Crippen molar-refractivity contribution in [2.75, 3.05) is 32.7 Å². The Balaban J connectivity index is 1.98. The number of carbonyl (C=O) groups is 2. The molecule has 2 atom stereocenters. The van der Waals surface area contributed by atoms with Crippen molar-refractivity contribution >= 4 is 11.8 Å². The molecule has 0 bridgehead atoms. The average molecular weight is 309 g/mol. The maximum atomic E-state index is 13.0. The lowest BCUT2D eigenvalue weighted by Gasteiger charge is -2.37. The third-order valence-electron chi connectivity index (χ3n) is 4.81. The first-order chi connectivity index (χ1) is 10.7. The van der Waals surface area contributed by atoms with Crippen molar-refractivity contribution < 1.29 is 9.59 Å². The summed E-state index contributed by atoms with van der Waals surface area (Å²) in [6.07, 6.45) is 5.41. The van der Waals surface area contributed by atoms with Crippen LogP contribution < -0.4 is 5.32 Å². The van der Waals surface area contributed by atoms with Gasteiger partial charge in [-0.15, -0.1) is 0 Å². The molecule has 2 aliphatic rings. The average Bonchev–Trinajstić information content (AvgIpc) is 3.06. The molecule has 5 nitrogen and oxygen atoms in total. The summed E-state index contributed by atoms with van der Waals surface area (Å²) in [7, 11) is 0. The third kappa shape index (κ3) is 4.22. The van der Waals surface area contributed by atoms with Gasteiger partial charge in [0.1, 0.15) is 0 Å². The first-order valence-corrected chi connectivity index (χ1v) is 8.96. The second-order valence-electron chi connectivity index (χ2n) is 6.61. The molecule has 0 spiro atoms. The van der Waals surface area contributed by atoms with Crippen molar-refractivity contribution in [3.8, 4) is 0 Å². The highest BCUT2D eigenvalue weighted by Gasteiger charge is 2.34. The van der Waals surface area contributed by atoms with Crippen LogP contribution >= 0.6 is 0 Å². The maximum Gasteiger partial charge on any atom is 0.227 e. The minimum atomic E-state index is 0.00158. The SMILES string of the molecule is CCCC(=O)N1CCCC(C(=O)N(CCC)C2CCNC2)C1. The highest BCUT2D eigenvalue weighted by molar-refractivity contribution is 5.81. The number of carbonyl (C=O) groups excluding carboxylic acids is 2. The Morgan fingerprint density at radius 2 is 2.05 bits per heavy atom. The van der Waals surface area contributed by atoms with Gasteiger partial charge in [0.15, 0.2) is 0 Å². The second-order valence-corrected chi connectivity index (χ2v) is 6.61. The van der Waals surface area contributed by atoms with Gasteiger partial charge in [-0.2, -0.15) is 0 Å². The monoisotopic (exact) mass is 309 g/mol. The Morgan fingerprint density at radius 3 is 2.68 bits per heavy atom. The van der Waals surface area contributed by atoms with E-state index in [1.54, 1.807) is 0 Å². The summed E-state index contributed by atoms with van der Waals surface area (Å²) in [5.41, 5.74) is 0. The second kappa shape index (κ2) is 8.51. The van der Waals surface area contributed by atoms with E-state index >= 15 is 0 Å². The highest BCUT2D eigenvalue weighted by atomic mass is 16.2. The molecule has 22 heavy (non-hydrogen) atoms. The molecule has 126 valence electrons. The number of nitrogens with one attached hydrogen (secondary N) is 1. The predicted octanol–water partition coefficient (Wildman–Crippen LogP) is 1.63. The van der Waals surface area contributed by atoms with Crippen LogP contribution in [0, 0.1) is 5.92 Å². The van der Waals surface area contributed by atoms with Crippen molar-refractivity contribution in [3.63, 3.8) is 0 Å². The van der Waals surface area contributed by atoms with Gasteiger partial charge >= 0.3 is 0 Å². The van der Waals surface area contributed by atoms with Crippen molar-refractivity contribution in [1.29, 1.82) is 0 Å². The van der Waals surface area contributed by atoms with Gasteiger partial charge in [0, 0.05) is 38.6 Å². The van der Waals surface area contributed by atoms with E-state index in [1.165, 1.54) is 0 Å². The van der Waals surface area contributed by atoms with Gasteiger partial charge in [-0.3, -0.25) is 9.59 Å². The molecular weight excluding hydrogens is 278 g/mol. The predicted molar refractivity (Wildman–Crippen MR) is 87.5 cm³/mol. The lowest BCUT2D eigenvalue weighted by atomic mass is 9.95. The Bertz CT molecular complexity index is 380. The molecule has 1 N–H and O–H groups in total. The molecule has 2 saturated heterocycles. The minimum Gasteiger partial charge on any atom is -0.342 e. The molecule has 0 saturated carbocycles.